The summed E-state index contributed by atoms with van der Waals surface area (Å²) >= 11 is 0. The zero-order chi connectivity index (χ0) is 21.6. The van der Waals surface area contributed by atoms with Crippen molar-refractivity contribution in [2.24, 2.45) is 0 Å². The summed E-state index contributed by atoms with van der Waals surface area (Å²) in [4.78, 5) is 0. The van der Waals surface area contributed by atoms with Crippen LogP contribution in [0.4, 0.5) is 0 Å². The molecule has 2 heteroatoms. The van der Waals surface area contributed by atoms with E-state index in [9.17, 15) is 0 Å². The van der Waals surface area contributed by atoms with Gasteiger partial charge in [0.05, 0.1) is 14.2 Å². The van der Waals surface area contributed by atoms with Gasteiger partial charge in [-0.3, -0.25) is 0 Å². The number of hydrogen-bond acceptors (Lipinski definition) is 2. The minimum atomic E-state index is 0.842. The van der Waals surface area contributed by atoms with Crippen LogP contribution in [-0.2, 0) is 0 Å². The van der Waals surface area contributed by atoms with E-state index in [-0.39, 0.29) is 0 Å². The van der Waals surface area contributed by atoms with Crippen molar-refractivity contribution < 1.29 is 9.47 Å². The molecular weight excluding hydrogens is 380 g/mol. The molecule has 0 saturated heterocycles. The fourth-order valence-corrected chi connectivity index (χ4v) is 3.75. The van der Waals surface area contributed by atoms with Gasteiger partial charge >= 0.3 is 0 Å². The van der Waals surface area contributed by atoms with E-state index in [4.69, 9.17) is 9.47 Å². The molecule has 0 amide bonds. The van der Waals surface area contributed by atoms with Crippen LogP contribution >= 0.6 is 0 Å². The smallest absolute Gasteiger partial charge is 0.118 e. The Labute approximate surface area is 184 Å². The van der Waals surface area contributed by atoms with E-state index in [0.717, 1.165) is 22.6 Å². The van der Waals surface area contributed by atoms with E-state index in [2.05, 4.69) is 85.8 Å². The molecule has 0 saturated carbocycles. The number of hydrogen-bond donors (Lipinski definition) is 0. The van der Waals surface area contributed by atoms with Crippen LogP contribution in [0.15, 0.2) is 103 Å². The number of benzene rings is 4. The first-order chi connectivity index (χ1) is 15.2. The van der Waals surface area contributed by atoms with Crippen LogP contribution in [0.1, 0.15) is 27.8 Å². The van der Waals surface area contributed by atoms with Crippen molar-refractivity contribution in [3.05, 3.63) is 131 Å². The van der Waals surface area contributed by atoms with Gasteiger partial charge in [0.2, 0.25) is 0 Å². The highest BCUT2D eigenvalue weighted by molar-refractivity contribution is 6.04. The second kappa shape index (κ2) is 9.36. The molecule has 0 fully saturated rings. The Morgan fingerprint density at radius 2 is 0.806 bits per heavy atom. The lowest BCUT2D eigenvalue weighted by atomic mass is 9.85. The summed E-state index contributed by atoms with van der Waals surface area (Å²) in [6, 6.07) is 35.8. The van der Waals surface area contributed by atoms with Crippen molar-refractivity contribution in [3.8, 4) is 11.5 Å². The second-order valence-corrected chi connectivity index (χ2v) is 7.44. The molecule has 0 unspecified atom stereocenters. The fourth-order valence-electron chi connectivity index (χ4n) is 3.75. The van der Waals surface area contributed by atoms with Gasteiger partial charge in [-0.25, -0.2) is 0 Å². The van der Waals surface area contributed by atoms with Gasteiger partial charge in [0, 0.05) is 0 Å². The molecule has 0 spiro atoms. The normalized spacial score (nSPS) is 10.4. The summed E-state index contributed by atoms with van der Waals surface area (Å²) < 4.78 is 10.8. The lowest BCUT2D eigenvalue weighted by Crippen LogP contribution is -1.98. The Hall–Kier alpha value is -3.78. The predicted octanol–water partition coefficient (Wildman–Crippen LogP) is 7.02. The summed E-state index contributed by atoms with van der Waals surface area (Å²) in [6.45, 7) is 2.11. The molecule has 0 atom stereocenters. The van der Waals surface area contributed by atoms with Crippen LogP contribution in [0, 0.1) is 6.92 Å². The van der Waals surface area contributed by atoms with Crippen molar-refractivity contribution in [1.29, 1.82) is 0 Å². The van der Waals surface area contributed by atoms with Crippen LogP contribution in [0.25, 0.3) is 11.1 Å². The second-order valence-electron chi connectivity index (χ2n) is 7.44. The van der Waals surface area contributed by atoms with Gasteiger partial charge in [-0.15, -0.1) is 0 Å². The molecule has 0 heterocycles. The minimum absolute atomic E-state index is 0.842. The third kappa shape index (κ3) is 4.54. The average Bonchev–Trinajstić information content (AvgIpc) is 2.84. The van der Waals surface area contributed by atoms with Crippen LogP contribution < -0.4 is 9.47 Å². The summed E-state index contributed by atoms with van der Waals surface area (Å²) in [5.74, 6) is 1.68. The highest BCUT2D eigenvalue weighted by Gasteiger charge is 2.16. The van der Waals surface area contributed by atoms with E-state index in [1.165, 1.54) is 27.8 Å². The van der Waals surface area contributed by atoms with Crippen LogP contribution in [0.2, 0.25) is 0 Å². The van der Waals surface area contributed by atoms with Crippen molar-refractivity contribution in [2.75, 3.05) is 14.2 Å². The SMILES string of the molecule is COc1ccc(C(=C(c2ccccc2)c2ccc(C)cc2)c2ccc(OC)cc2)cc1. The molecule has 2 nitrogen and oxygen atoms in total. The van der Waals surface area contributed by atoms with E-state index in [1.54, 1.807) is 14.2 Å². The molecule has 0 aliphatic heterocycles. The monoisotopic (exact) mass is 406 g/mol. The Morgan fingerprint density at radius 1 is 0.452 bits per heavy atom. The maximum atomic E-state index is 5.40. The fraction of sp³-hybridized carbons (Fsp3) is 0.103. The Morgan fingerprint density at radius 3 is 1.19 bits per heavy atom. The van der Waals surface area contributed by atoms with Gasteiger partial charge in [-0.1, -0.05) is 84.4 Å². The lowest BCUT2D eigenvalue weighted by Gasteiger charge is -2.18. The standard InChI is InChI=1S/C29H26O2/c1-21-9-11-23(12-10-21)28(22-7-5-4-6-8-22)29(24-13-17-26(30-2)18-14-24)25-15-19-27(31-3)20-16-25/h4-20H,1-3H3. The molecule has 0 aromatic heterocycles. The van der Waals surface area contributed by atoms with Crippen LogP contribution in [0.3, 0.4) is 0 Å². The number of methoxy groups -OCH3 is 2. The van der Waals surface area contributed by atoms with Gasteiger partial charge in [-0.2, -0.15) is 0 Å². The molecule has 4 rings (SSSR count). The number of ether oxygens (including phenoxy) is 2. The highest BCUT2D eigenvalue weighted by atomic mass is 16.5. The largest absolute Gasteiger partial charge is 0.497 e. The molecule has 154 valence electrons. The van der Waals surface area contributed by atoms with E-state index in [1.807, 2.05) is 24.3 Å². The Balaban J connectivity index is 2.04. The first-order valence-electron chi connectivity index (χ1n) is 10.3. The van der Waals surface area contributed by atoms with E-state index < -0.39 is 0 Å². The molecule has 31 heavy (non-hydrogen) atoms. The average molecular weight is 407 g/mol. The van der Waals surface area contributed by atoms with Gasteiger partial charge in [0.15, 0.2) is 0 Å². The van der Waals surface area contributed by atoms with Gasteiger partial charge in [-0.05, 0) is 64.6 Å². The molecule has 4 aromatic rings. The summed E-state index contributed by atoms with van der Waals surface area (Å²) in [7, 11) is 3.38. The Bertz CT molecular complexity index is 1100. The van der Waals surface area contributed by atoms with Gasteiger partial charge < -0.3 is 9.47 Å². The van der Waals surface area contributed by atoms with Gasteiger partial charge in [0.25, 0.3) is 0 Å². The van der Waals surface area contributed by atoms with E-state index >= 15 is 0 Å². The maximum Gasteiger partial charge on any atom is 0.118 e. The summed E-state index contributed by atoms with van der Waals surface area (Å²) in [6.07, 6.45) is 0. The predicted molar refractivity (Wildman–Crippen MR) is 129 cm³/mol. The zero-order valence-electron chi connectivity index (χ0n) is 18.1. The molecular formula is C29H26O2. The zero-order valence-corrected chi connectivity index (χ0v) is 18.1. The summed E-state index contributed by atoms with van der Waals surface area (Å²) in [5, 5.41) is 0. The summed E-state index contributed by atoms with van der Waals surface area (Å²) in [5.41, 5.74) is 8.21. The number of aryl methyl sites for hydroxylation is 1. The Kier molecular flexibility index (Phi) is 6.18. The van der Waals surface area contributed by atoms with Gasteiger partial charge in [0.1, 0.15) is 11.5 Å². The van der Waals surface area contributed by atoms with Crippen molar-refractivity contribution in [3.63, 3.8) is 0 Å². The first kappa shape index (κ1) is 20.5. The third-order valence-corrected chi connectivity index (χ3v) is 5.41. The molecule has 0 bridgehead atoms. The molecule has 0 N–H and O–H groups in total. The van der Waals surface area contributed by atoms with E-state index in [0.29, 0.717) is 0 Å². The molecule has 0 radical (unpaired) electrons. The first-order valence-corrected chi connectivity index (χ1v) is 10.3. The number of rotatable bonds is 6. The molecule has 0 aliphatic rings. The van der Waals surface area contributed by atoms with Crippen molar-refractivity contribution in [1.82, 2.24) is 0 Å². The highest BCUT2D eigenvalue weighted by Crippen LogP contribution is 2.37. The van der Waals surface area contributed by atoms with Crippen molar-refractivity contribution >= 4 is 11.1 Å². The maximum absolute atomic E-state index is 5.40. The minimum Gasteiger partial charge on any atom is -0.497 e. The van der Waals surface area contributed by atoms with Crippen LogP contribution in [0.5, 0.6) is 11.5 Å². The topological polar surface area (TPSA) is 18.5 Å². The molecule has 0 aliphatic carbocycles. The van der Waals surface area contributed by atoms with Crippen molar-refractivity contribution in [2.45, 2.75) is 6.92 Å². The quantitative estimate of drug-likeness (QED) is 0.320. The van der Waals surface area contributed by atoms with Crippen LogP contribution in [-0.4, -0.2) is 14.2 Å². The third-order valence-electron chi connectivity index (χ3n) is 5.41. The lowest BCUT2D eigenvalue weighted by molar-refractivity contribution is 0.414. The molecule has 4 aromatic carbocycles.